The van der Waals surface area contributed by atoms with E-state index in [-0.39, 0.29) is 11.3 Å². The predicted octanol–water partition coefficient (Wildman–Crippen LogP) is 8.19. The second kappa shape index (κ2) is 14.6. The molecule has 0 unspecified atom stereocenters. The Kier molecular flexibility index (Phi) is 11.0. The van der Waals surface area contributed by atoms with E-state index in [1.807, 2.05) is 142 Å². The van der Waals surface area contributed by atoms with E-state index in [9.17, 15) is 19.3 Å². The van der Waals surface area contributed by atoms with E-state index >= 15 is 0 Å². The summed E-state index contributed by atoms with van der Waals surface area (Å²) in [5.41, 5.74) is -1.22. The highest BCUT2D eigenvalue weighted by Crippen LogP contribution is 2.59. The maximum atomic E-state index is 14.6. The first-order valence-corrected chi connectivity index (χ1v) is 20.5. The predicted molar refractivity (Wildman–Crippen MR) is 199 cm³/mol. The Labute approximate surface area is 281 Å². The highest BCUT2D eigenvalue weighted by Gasteiger charge is 2.50. The molecule has 248 valence electrons. The van der Waals surface area contributed by atoms with Crippen LogP contribution in [0.2, 0.25) is 0 Å². The average Bonchev–Trinajstić information content (AvgIpc) is 3.09. The van der Waals surface area contributed by atoms with Crippen LogP contribution in [-0.4, -0.2) is 32.7 Å². The van der Waals surface area contributed by atoms with Gasteiger partial charge in [0.25, 0.3) is 0 Å². The summed E-state index contributed by atoms with van der Waals surface area (Å²) < 4.78 is 28.8. The Morgan fingerprint density at radius 3 is 1.32 bits per heavy atom. The fraction of sp³-hybridized carbons (Fsp3) is 0.366. The lowest BCUT2D eigenvalue weighted by molar-refractivity contribution is 0.0166. The van der Waals surface area contributed by atoms with Crippen molar-refractivity contribution in [1.29, 1.82) is 0 Å². The van der Waals surface area contributed by atoms with Crippen LogP contribution < -0.4 is 21.2 Å². The van der Waals surface area contributed by atoms with Crippen LogP contribution >= 0.6 is 14.3 Å². The maximum Gasteiger partial charge on any atom is 0.149 e. The molecule has 2 aliphatic rings. The standard InChI is InChI=1S/C22H27O2P.C19H23O2P/c1-17(2)18-14-15-22(3,23)21(16-18)25(24,19-10-6-4-7-11-19)20-12-8-5-9-13-20;1-19(20)15-9-8-14-18(19)22(21,16-10-4-2-5-11-16)17-12-6-3-7-13-17/h4-13,18,21,23H,1,14-16H2,2-3H3;2-7,10-13,18,20H,8-9,14-15H2,1H3/t18-,21+,22+;18-,19-/m01/s1. The second-order valence-corrected chi connectivity index (χ2v) is 19.9. The van der Waals surface area contributed by atoms with Gasteiger partial charge in [-0.05, 0) is 58.8 Å². The molecule has 4 aromatic rings. The largest absolute Gasteiger partial charge is 0.389 e. The normalized spacial score (nSPS) is 26.4. The molecule has 0 radical (unpaired) electrons. The van der Waals surface area contributed by atoms with Gasteiger partial charge in [-0.2, -0.15) is 0 Å². The van der Waals surface area contributed by atoms with E-state index in [4.69, 9.17) is 0 Å². The topological polar surface area (TPSA) is 74.6 Å². The number of rotatable bonds is 7. The summed E-state index contributed by atoms with van der Waals surface area (Å²) in [5.74, 6) is 0.311. The highest BCUT2D eigenvalue weighted by atomic mass is 31.2. The smallest absolute Gasteiger partial charge is 0.149 e. The Balaban J connectivity index is 0.000000186. The van der Waals surface area contributed by atoms with Crippen molar-refractivity contribution in [1.82, 2.24) is 0 Å². The van der Waals surface area contributed by atoms with E-state index in [0.29, 0.717) is 18.8 Å². The molecule has 2 aliphatic carbocycles. The molecule has 0 spiro atoms. The molecule has 0 saturated heterocycles. The van der Waals surface area contributed by atoms with Gasteiger partial charge in [-0.25, -0.2) is 0 Å². The first kappa shape index (κ1) is 35.3. The van der Waals surface area contributed by atoms with E-state index in [0.717, 1.165) is 58.9 Å². The van der Waals surface area contributed by atoms with Crippen molar-refractivity contribution < 1.29 is 19.3 Å². The third kappa shape index (κ3) is 7.38. The molecule has 2 fully saturated rings. The Bertz CT molecular complexity index is 1610. The van der Waals surface area contributed by atoms with Gasteiger partial charge in [-0.1, -0.05) is 146 Å². The van der Waals surface area contributed by atoms with Crippen molar-refractivity contribution in [2.45, 2.75) is 88.2 Å². The summed E-state index contributed by atoms with van der Waals surface area (Å²) in [7, 11) is -5.86. The lowest BCUT2D eigenvalue weighted by Crippen LogP contribution is -2.48. The number of hydrogen-bond donors (Lipinski definition) is 2. The molecule has 0 heterocycles. The number of aliphatic hydroxyl groups is 2. The van der Waals surface area contributed by atoms with Crippen LogP contribution in [0.25, 0.3) is 0 Å². The zero-order chi connectivity index (χ0) is 33.7. The molecule has 0 aromatic heterocycles. The third-order valence-electron chi connectivity index (χ3n) is 10.5. The molecule has 0 amide bonds. The number of hydrogen-bond acceptors (Lipinski definition) is 4. The third-order valence-corrected chi connectivity index (χ3v) is 18.1. The monoisotopic (exact) mass is 668 g/mol. The summed E-state index contributed by atoms with van der Waals surface area (Å²) in [5, 5.41) is 25.5. The summed E-state index contributed by atoms with van der Waals surface area (Å²) in [6, 6.07) is 38.7. The van der Waals surface area contributed by atoms with Crippen molar-refractivity contribution in [3.63, 3.8) is 0 Å². The summed E-state index contributed by atoms with van der Waals surface area (Å²) in [6.07, 6.45) is 5.84. The van der Waals surface area contributed by atoms with Crippen molar-refractivity contribution in [3.05, 3.63) is 133 Å². The number of benzene rings is 4. The Hall–Kier alpha value is -3.00. The van der Waals surface area contributed by atoms with Gasteiger partial charge >= 0.3 is 0 Å². The van der Waals surface area contributed by atoms with Gasteiger partial charge in [0.1, 0.15) is 14.3 Å². The van der Waals surface area contributed by atoms with E-state index in [1.165, 1.54) is 0 Å². The lowest BCUT2D eigenvalue weighted by Gasteiger charge is -2.45. The van der Waals surface area contributed by atoms with E-state index < -0.39 is 25.5 Å². The molecule has 4 nitrogen and oxygen atoms in total. The quantitative estimate of drug-likeness (QED) is 0.154. The minimum atomic E-state index is -2.99. The van der Waals surface area contributed by atoms with E-state index in [2.05, 4.69) is 6.58 Å². The van der Waals surface area contributed by atoms with Crippen LogP contribution in [0.5, 0.6) is 0 Å². The van der Waals surface area contributed by atoms with Crippen molar-refractivity contribution >= 4 is 35.5 Å². The zero-order valence-electron chi connectivity index (χ0n) is 28.0. The fourth-order valence-electron chi connectivity index (χ4n) is 7.75. The van der Waals surface area contributed by atoms with Gasteiger partial charge in [-0.15, -0.1) is 0 Å². The van der Waals surface area contributed by atoms with Gasteiger partial charge < -0.3 is 19.3 Å². The molecular formula is C41H50O4P2. The summed E-state index contributed by atoms with van der Waals surface area (Å²) in [4.78, 5) is 0. The molecule has 0 aliphatic heterocycles. The molecule has 6 heteroatoms. The Morgan fingerprint density at radius 2 is 0.957 bits per heavy atom. The minimum Gasteiger partial charge on any atom is -0.389 e. The molecule has 2 saturated carbocycles. The minimum absolute atomic E-state index is 0.210. The van der Waals surface area contributed by atoms with Crippen molar-refractivity contribution in [2.24, 2.45) is 5.92 Å². The zero-order valence-corrected chi connectivity index (χ0v) is 29.8. The van der Waals surface area contributed by atoms with Crippen LogP contribution in [0.3, 0.4) is 0 Å². The van der Waals surface area contributed by atoms with E-state index in [1.54, 1.807) is 0 Å². The molecule has 6 rings (SSSR count). The van der Waals surface area contributed by atoms with Crippen LogP contribution in [0.1, 0.15) is 65.7 Å². The second-order valence-electron chi connectivity index (χ2n) is 14.0. The average molecular weight is 669 g/mol. The summed E-state index contributed by atoms with van der Waals surface area (Å²) in [6.45, 7) is 9.87. The highest BCUT2D eigenvalue weighted by molar-refractivity contribution is 7.79. The molecule has 2 N–H and O–H groups in total. The fourth-order valence-corrected chi connectivity index (χ4v) is 15.2. The molecular weight excluding hydrogens is 618 g/mol. The van der Waals surface area contributed by atoms with Gasteiger partial charge in [0.05, 0.1) is 11.2 Å². The lowest BCUT2D eigenvalue weighted by atomic mass is 9.77. The van der Waals surface area contributed by atoms with Crippen LogP contribution in [-0.2, 0) is 9.13 Å². The van der Waals surface area contributed by atoms with Gasteiger partial charge in [-0.3, -0.25) is 0 Å². The first-order chi connectivity index (χ1) is 22.4. The maximum absolute atomic E-state index is 14.6. The molecule has 4 aromatic carbocycles. The van der Waals surface area contributed by atoms with Gasteiger partial charge in [0.2, 0.25) is 0 Å². The van der Waals surface area contributed by atoms with Gasteiger partial charge in [0.15, 0.2) is 0 Å². The molecule has 47 heavy (non-hydrogen) atoms. The molecule has 0 bridgehead atoms. The number of allylic oxidation sites excluding steroid dienone is 1. The van der Waals surface area contributed by atoms with Crippen LogP contribution in [0, 0.1) is 5.92 Å². The van der Waals surface area contributed by atoms with Crippen LogP contribution in [0.4, 0.5) is 0 Å². The summed E-state index contributed by atoms with van der Waals surface area (Å²) >= 11 is 0. The molecule has 5 atom stereocenters. The Morgan fingerprint density at radius 1 is 0.596 bits per heavy atom. The SMILES string of the molecule is C=C(C)[C@H]1CC[C@@](C)(O)[C@H](P(=O)(c2ccccc2)c2ccccc2)C1.C[C@@]1(O)CCCC[C@H]1P(=O)(c1ccccc1)c1ccccc1. The van der Waals surface area contributed by atoms with Gasteiger partial charge in [0, 0.05) is 32.5 Å². The first-order valence-electron chi connectivity index (χ1n) is 16.9. The van der Waals surface area contributed by atoms with Crippen molar-refractivity contribution in [3.8, 4) is 0 Å². The van der Waals surface area contributed by atoms with Crippen LogP contribution in [0.15, 0.2) is 133 Å². The van der Waals surface area contributed by atoms with Crippen molar-refractivity contribution in [2.75, 3.05) is 0 Å².